The molecule has 15 heteroatoms. The van der Waals surface area contributed by atoms with Gasteiger partial charge in [0.1, 0.15) is 6.10 Å². The van der Waals surface area contributed by atoms with E-state index in [1.807, 2.05) is 73.8 Å². The molecular weight excluding hydrogens is 1030 g/mol. The maximum Gasteiger partial charge on any atom is 0.306 e. The van der Waals surface area contributed by atoms with Crippen molar-refractivity contribution in [2.45, 2.75) is 255 Å². The molecular formula is C66H109NO14. The SMILES string of the molecule is C=CCC[C@@H](C)CC[C@H](O)[C@H]1C/C=C/C(=O)[C@H](C)[C@H](O)[C@@H](C)/C=C/C=C/C=C/C=C/C=C/CCCC(=O)O[C@@H](/C=C/C[C@H](O)CCC[C@H](O)CCCN)C[C@H](O)C[C@@H](O)C[C@H](O)CCC[C@@H]2C[C@H](O)C[C@](O)(O2)[C@@H](C)/C=C/[C@H](O)CC1. The zero-order chi connectivity index (χ0) is 60.0. The van der Waals surface area contributed by atoms with Crippen LogP contribution in [0.3, 0.4) is 0 Å². The van der Waals surface area contributed by atoms with Gasteiger partial charge in [0.25, 0.3) is 0 Å². The van der Waals surface area contributed by atoms with Crippen LogP contribution in [0, 0.1) is 29.6 Å². The number of hydrogen-bond donors (Lipinski definition) is 11. The highest BCUT2D eigenvalue weighted by molar-refractivity contribution is 5.91. The van der Waals surface area contributed by atoms with E-state index in [-0.39, 0.29) is 69.0 Å². The summed E-state index contributed by atoms with van der Waals surface area (Å²) in [7, 11) is 0. The van der Waals surface area contributed by atoms with Gasteiger partial charge in [-0.1, -0.05) is 119 Å². The van der Waals surface area contributed by atoms with E-state index >= 15 is 0 Å². The molecule has 462 valence electrons. The summed E-state index contributed by atoms with van der Waals surface area (Å²) in [5, 5.41) is 110. The fourth-order valence-electron chi connectivity index (χ4n) is 10.4. The topological polar surface area (TPSA) is 281 Å². The first-order chi connectivity index (χ1) is 38.7. The molecule has 0 aliphatic carbocycles. The van der Waals surface area contributed by atoms with Crippen molar-refractivity contribution in [1.82, 2.24) is 0 Å². The quantitative estimate of drug-likeness (QED) is 0.0479. The number of aliphatic hydroxyl groups excluding tert-OH is 9. The van der Waals surface area contributed by atoms with Gasteiger partial charge in [0.05, 0.1) is 61.0 Å². The van der Waals surface area contributed by atoms with Crippen LogP contribution in [0.2, 0.25) is 0 Å². The lowest BCUT2D eigenvalue weighted by molar-refractivity contribution is -0.289. The van der Waals surface area contributed by atoms with Crippen LogP contribution in [0.25, 0.3) is 0 Å². The van der Waals surface area contributed by atoms with Crippen LogP contribution < -0.4 is 5.73 Å². The van der Waals surface area contributed by atoms with Gasteiger partial charge in [0.15, 0.2) is 11.6 Å². The molecule has 0 aromatic rings. The van der Waals surface area contributed by atoms with Crippen molar-refractivity contribution in [3.63, 3.8) is 0 Å². The van der Waals surface area contributed by atoms with Crippen molar-refractivity contribution < 1.29 is 70.1 Å². The number of ketones is 1. The average Bonchev–Trinajstić information content (AvgIpc) is 3.48. The summed E-state index contributed by atoms with van der Waals surface area (Å²) in [6, 6.07) is 0. The molecule has 12 N–H and O–H groups in total. The van der Waals surface area contributed by atoms with Crippen LogP contribution in [0.15, 0.2) is 110 Å². The number of rotatable bonds is 17. The molecule has 0 aromatic heterocycles. The molecule has 1 fully saturated rings. The minimum atomic E-state index is -1.73. The van der Waals surface area contributed by atoms with Crippen LogP contribution in [0.4, 0.5) is 0 Å². The zero-order valence-corrected chi connectivity index (χ0v) is 49.6. The van der Waals surface area contributed by atoms with Gasteiger partial charge in [0.2, 0.25) is 0 Å². The first-order valence-electron chi connectivity index (χ1n) is 30.6. The van der Waals surface area contributed by atoms with E-state index in [4.69, 9.17) is 15.2 Å². The average molecular weight is 1140 g/mol. The Kier molecular flexibility index (Phi) is 39.0. The summed E-state index contributed by atoms with van der Waals surface area (Å²) in [4.78, 5) is 26.3. The molecule has 2 bridgehead atoms. The summed E-state index contributed by atoms with van der Waals surface area (Å²) in [5.74, 6) is -3.88. The van der Waals surface area contributed by atoms with Crippen molar-refractivity contribution in [2.75, 3.05) is 6.54 Å². The number of carbonyl (C=O) groups is 2. The Bertz CT molecular complexity index is 1950. The molecule has 0 radical (unpaired) electrons. The summed E-state index contributed by atoms with van der Waals surface area (Å²) in [6.07, 6.45) is 31.7. The predicted octanol–water partition coefficient (Wildman–Crippen LogP) is 8.93. The van der Waals surface area contributed by atoms with Gasteiger partial charge in [-0.05, 0) is 165 Å². The lowest BCUT2D eigenvalue weighted by Crippen LogP contribution is -2.50. The third-order valence-electron chi connectivity index (χ3n) is 15.8. The van der Waals surface area contributed by atoms with Crippen LogP contribution in [-0.2, 0) is 19.1 Å². The highest BCUT2D eigenvalue weighted by atomic mass is 16.6. The van der Waals surface area contributed by atoms with Crippen molar-refractivity contribution >= 4 is 11.8 Å². The number of esters is 1. The second-order valence-electron chi connectivity index (χ2n) is 23.4. The predicted molar refractivity (Wildman–Crippen MR) is 322 cm³/mol. The summed E-state index contributed by atoms with van der Waals surface area (Å²) in [6.45, 7) is 11.8. The molecule has 0 unspecified atom stereocenters. The number of carbonyl (C=O) groups excluding carboxylic acids is 2. The first kappa shape index (κ1) is 73.4. The maximum atomic E-state index is 13.3. The Morgan fingerprint density at radius 2 is 1.38 bits per heavy atom. The molecule has 17 atom stereocenters. The van der Waals surface area contributed by atoms with Gasteiger partial charge in [0, 0.05) is 37.0 Å². The second kappa shape index (κ2) is 43.0. The highest BCUT2D eigenvalue weighted by Gasteiger charge is 2.43. The molecule has 0 spiro atoms. The smallest absolute Gasteiger partial charge is 0.306 e. The monoisotopic (exact) mass is 1140 g/mol. The molecule has 2 aliphatic heterocycles. The zero-order valence-electron chi connectivity index (χ0n) is 49.6. The fourth-order valence-corrected chi connectivity index (χ4v) is 10.4. The Labute approximate surface area is 486 Å². The minimum Gasteiger partial charge on any atom is -0.458 e. The Balaban J connectivity index is 2.25. The molecule has 2 heterocycles. The third-order valence-corrected chi connectivity index (χ3v) is 15.8. The van der Waals surface area contributed by atoms with Crippen molar-refractivity contribution in [1.29, 1.82) is 0 Å². The number of aliphatic hydroxyl groups is 10. The van der Waals surface area contributed by atoms with E-state index in [0.717, 1.165) is 25.7 Å². The van der Waals surface area contributed by atoms with Crippen LogP contribution in [0.1, 0.15) is 182 Å². The van der Waals surface area contributed by atoms with Crippen molar-refractivity contribution in [2.24, 2.45) is 35.3 Å². The molecule has 15 nitrogen and oxygen atoms in total. The Morgan fingerprint density at radius 3 is 2.10 bits per heavy atom. The normalized spacial score (nSPS) is 34.9. The molecule has 2 aliphatic rings. The lowest BCUT2D eigenvalue weighted by Gasteiger charge is -2.42. The molecule has 2 rings (SSSR count). The van der Waals surface area contributed by atoms with Crippen molar-refractivity contribution in [3.8, 4) is 0 Å². The summed E-state index contributed by atoms with van der Waals surface area (Å²) < 4.78 is 12.0. The summed E-state index contributed by atoms with van der Waals surface area (Å²) >= 11 is 0. The van der Waals surface area contributed by atoms with Gasteiger partial charge in [-0.15, -0.1) is 6.58 Å². The van der Waals surface area contributed by atoms with Crippen LogP contribution in [-0.4, -0.2) is 142 Å². The number of allylic oxidation sites excluding steroid dienone is 12. The van der Waals surface area contributed by atoms with Gasteiger partial charge < -0.3 is 66.3 Å². The number of hydrogen-bond acceptors (Lipinski definition) is 15. The maximum absolute atomic E-state index is 13.3. The Hall–Kier alpha value is -3.68. The van der Waals surface area contributed by atoms with Crippen LogP contribution >= 0.6 is 0 Å². The summed E-state index contributed by atoms with van der Waals surface area (Å²) in [5.41, 5.74) is 5.54. The van der Waals surface area contributed by atoms with Gasteiger partial charge in [-0.3, -0.25) is 9.59 Å². The number of fused-ring (bicyclic) bond motifs is 2. The van der Waals surface area contributed by atoms with E-state index in [9.17, 15) is 60.7 Å². The third kappa shape index (κ3) is 34.0. The minimum absolute atomic E-state index is 0.0118. The van der Waals surface area contributed by atoms with Gasteiger partial charge in [-0.2, -0.15) is 0 Å². The molecule has 81 heavy (non-hydrogen) atoms. The lowest BCUT2D eigenvalue weighted by atomic mass is 9.86. The van der Waals surface area contributed by atoms with E-state index in [1.165, 1.54) is 6.08 Å². The van der Waals surface area contributed by atoms with E-state index in [2.05, 4.69) is 13.5 Å². The van der Waals surface area contributed by atoms with Crippen molar-refractivity contribution in [3.05, 3.63) is 110 Å². The van der Waals surface area contributed by atoms with Crippen LogP contribution in [0.5, 0.6) is 0 Å². The van der Waals surface area contributed by atoms with Gasteiger partial charge in [-0.25, -0.2) is 0 Å². The Morgan fingerprint density at radius 1 is 0.716 bits per heavy atom. The molecule has 0 aromatic carbocycles. The molecule has 0 amide bonds. The first-order valence-corrected chi connectivity index (χ1v) is 30.6. The fraction of sp³-hybridized carbons (Fsp3) is 0.697. The highest BCUT2D eigenvalue weighted by Crippen LogP contribution is 2.36. The molecule has 0 saturated carbocycles. The van der Waals surface area contributed by atoms with E-state index < -0.39 is 90.7 Å². The second-order valence-corrected chi connectivity index (χ2v) is 23.4. The van der Waals surface area contributed by atoms with E-state index in [0.29, 0.717) is 89.5 Å². The number of ether oxygens (including phenoxy) is 2. The number of cyclic esters (lactones) is 1. The standard InChI is InChI=1S/C66H109NO14/c1-6-7-24-48(2)36-41-63(76)52-26-19-34-62(75)51(5)65(78)49(3)25-17-15-13-11-9-8-10-12-14-16-18-35-64(77)80-60(32-21-29-53(68)27-20-28-54(69)31-23-42-67)45-58(73)44-57(72)43-56(71)30-22-33-61-46-59(74)47-66(79,81-61)50(4)37-39-55(70)40-38-52/h6,8-15,17,19,21,25,32,34,37,39,48-61,63,65,68-74,76,78-79H,1,7,16,18,20,22-24,26-31,33,35-36,38,40-47,67H2,2-5H3/b10-8+,11-9+,14-12+,15-13+,25-17+,32-21+,34-19+,39-37+/t48-,49+,50+,51+,52+,53-,54+,55+,56-,57+,58-,59+,60+,61-,63+,65-,66+/m1/s1. The largest absolute Gasteiger partial charge is 0.458 e. The number of nitrogens with two attached hydrogens (primary N) is 1. The molecule has 1 saturated heterocycles. The van der Waals surface area contributed by atoms with Gasteiger partial charge >= 0.3 is 5.97 Å². The van der Waals surface area contributed by atoms with E-state index in [1.54, 1.807) is 44.2 Å².